The molecule has 1 N–H and O–H groups in total. The molecule has 0 saturated carbocycles. The second-order valence-electron chi connectivity index (χ2n) is 5.64. The van der Waals surface area contributed by atoms with E-state index in [0.29, 0.717) is 18.2 Å². The molecule has 0 aromatic carbocycles. The first-order valence-electron chi connectivity index (χ1n) is 6.75. The van der Waals surface area contributed by atoms with Gasteiger partial charge in [0.15, 0.2) is 0 Å². The molecule has 2 aliphatic heterocycles. The number of ether oxygens (including phenoxy) is 1. The maximum atomic E-state index is 5.80. The van der Waals surface area contributed by atoms with Crippen LogP contribution in [0.15, 0.2) is 0 Å². The Kier molecular flexibility index (Phi) is 4.22. The summed E-state index contributed by atoms with van der Waals surface area (Å²) in [5.74, 6) is 0.833. The van der Waals surface area contributed by atoms with Crippen LogP contribution in [0.4, 0.5) is 0 Å². The fraction of sp³-hybridized carbons (Fsp3) is 1.00. The molecule has 2 heterocycles. The van der Waals surface area contributed by atoms with Crippen molar-refractivity contribution in [3.05, 3.63) is 0 Å². The van der Waals surface area contributed by atoms with Gasteiger partial charge in [-0.1, -0.05) is 0 Å². The zero-order valence-corrected chi connectivity index (χ0v) is 10.9. The lowest BCUT2D eigenvalue weighted by molar-refractivity contribution is -0.0598. The molecule has 2 saturated heterocycles. The molecule has 3 nitrogen and oxygen atoms in total. The molecule has 0 aliphatic carbocycles. The van der Waals surface area contributed by atoms with E-state index >= 15 is 0 Å². The van der Waals surface area contributed by atoms with Gasteiger partial charge in [-0.15, -0.1) is 0 Å². The molecule has 4 atom stereocenters. The van der Waals surface area contributed by atoms with Crippen molar-refractivity contribution in [2.24, 2.45) is 5.92 Å². The van der Waals surface area contributed by atoms with E-state index < -0.39 is 0 Å². The van der Waals surface area contributed by atoms with Crippen LogP contribution in [0.2, 0.25) is 0 Å². The lowest BCUT2D eigenvalue weighted by Gasteiger charge is -2.39. The SMILES string of the molecule is CC1CNCCN1CC1C[C@@H](C)O[C@@H](C)C1. The van der Waals surface area contributed by atoms with E-state index in [1.807, 2.05) is 0 Å². The summed E-state index contributed by atoms with van der Waals surface area (Å²) in [4.78, 5) is 2.64. The van der Waals surface area contributed by atoms with Gasteiger partial charge in [0, 0.05) is 32.2 Å². The first-order valence-corrected chi connectivity index (χ1v) is 6.75. The van der Waals surface area contributed by atoms with Crippen molar-refractivity contribution in [1.29, 1.82) is 0 Å². The Bertz CT molecular complexity index is 212. The molecule has 0 aromatic heterocycles. The highest BCUT2D eigenvalue weighted by atomic mass is 16.5. The predicted molar refractivity (Wildman–Crippen MR) is 66.6 cm³/mol. The molecule has 3 heteroatoms. The molecule has 2 rings (SSSR count). The zero-order chi connectivity index (χ0) is 11.5. The van der Waals surface area contributed by atoms with Crippen LogP contribution < -0.4 is 5.32 Å². The third-order valence-corrected chi connectivity index (χ3v) is 3.93. The normalized spacial score (nSPS) is 42.2. The number of nitrogens with one attached hydrogen (secondary N) is 1. The molecule has 0 bridgehead atoms. The average molecular weight is 226 g/mol. The molecule has 2 aliphatic rings. The molecular weight excluding hydrogens is 200 g/mol. The predicted octanol–water partition coefficient (Wildman–Crippen LogP) is 1.48. The van der Waals surface area contributed by atoms with Crippen LogP contribution in [-0.4, -0.2) is 49.3 Å². The van der Waals surface area contributed by atoms with Gasteiger partial charge in [0.1, 0.15) is 0 Å². The van der Waals surface area contributed by atoms with Crippen LogP contribution >= 0.6 is 0 Å². The highest BCUT2D eigenvalue weighted by Gasteiger charge is 2.28. The van der Waals surface area contributed by atoms with Crippen LogP contribution in [0.25, 0.3) is 0 Å². The topological polar surface area (TPSA) is 24.5 Å². The largest absolute Gasteiger partial charge is 0.376 e. The third-order valence-electron chi connectivity index (χ3n) is 3.93. The molecule has 0 spiro atoms. The number of hydrogen-bond donors (Lipinski definition) is 1. The van der Waals surface area contributed by atoms with Crippen molar-refractivity contribution in [1.82, 2.24) is 10.2 Å². The Morgan fingerprint density at radius 1 is 1.19 bits per heavy atom. The minimum Gasteiger partial charge on any atom is -0.376 e. The monoisotopic (exact) mass is 226 g/mol. The van der Waals surface area contributed by atoms with Crippen LogP contribution in [0, 0.1) is 5.92 Å². The van der Waals surface area contributed by atoms with Gasteiger partial charge in [-0.2, -0.15) is 0 Å². The van der Waals surface area contributed by atoms with E-state index in [1.165, 1.54) is 25.9 Å². The summed E-state index contributed by atoms with van der Waals surface area (Å²) >= 11 is 0. The van der Waals surface area contributed by atoms with E-state index in [4.69, 9.17) is 4.74 Å². The number of rotatable bonds is 2. The fourth-order valence-electron chi connectivity index (χ4n) is 3.18. The standard InChI is InChI=1S/C13H26N2O/c1-10-8-14-4-5-15(10)9-13-6-11(2)16-12(3)7-13/h10-14H,4-9H2,1-3H3/t10?,11-,12+,13?. The fourth-order valence-corrected chi connectivity index (χ4v) is 3.18. The first-order chi connectivity index (χ1) is 7.65. The summed E-state index contributed by atoms with van der Waals surface area (Å²) in [5.41, 5.74) is 0. The average Bonchev–Trinajstić information content (AvgIpc) is 2.20. The van der Waals surface area contributed by atoms with E-state index in [9.17, 15) is 0 Å². The van der Waals surface area contributed by atoms with Gasteiger partial charge < -0.3 is 10.1 Å². The van der Waals surface area contributed by atoms with Crippen molar-refractivity contribution in [3.8, 4) is 0 Å². The summed E-state index contributed by atoms with van der Waals surface area (Å²) in [6.07, 6.45) is 3.38. The van der Waals surface area contributed by atoms with Gasteiger partial charge >= 0.3 is 0 Å². The Labute approximate surface area is 99.5 Å². The minimum absolute atomic E-state index is 0.451. The highest BCUT2D eigenvalue weighted by Crippen LogP contribution is 2.26. The summed E-state index contributed by atoms with van der Waals surface area (Å²) < 4.78 is 5.80. The number of hydrogen-bond acceptors (Lipinski definition) is 3. The maximum Gasteiger partial charge on any atom is 0.0553 e. The van der Waals surface area contributed by atoms with Crippen molar-refractivity contribution in [2.45, 2.75) is 51.9 Å². The van der Waals surface area contributed by atoms with Gasteiger partial charge in [0.05, 0.1) is 12.2 Å². The smallest absolute Gasteiger partial charge is 0.0553 e. The van der Waals surface area contributed by atoms with Crippen LogP contribution in [0.1, 0.15) is 33.6 Å². The lowest BCUT2D eigenvalue weighted by atomic mass is 9.91. The van der Waals surface area contributed by atoms with Crippen LogP contribution in [0.5, 0.6) is 0 Å². The van der Waals surface area contributed by atoms with Crippen LogP contribution in [-0.2, 0) is 4.74 Å². The highest BCUT2D eigenvalue weighted by molar-refractivity contribution is 4.81. The zero-order valence-electron chi connectivity index (χ0n) is 10.9. The van der Waals surface area contributed by atoms with E-state index in [0.717, 1.165) is 19.0 Å². The molecule has 0 aromatic rings. The maximum absolute atomic E-state index is 5.80. The van der Waals surface area contributed by atoms with E-state index in [2.05, 4.69) is 31.0 Å². The quantitative estimate of drug-likeness (QED) is 0.772. The Morgan fingerprint density at radius 3 is 2.50 bits per heavy atom. The Balaban J connectivity index is 1.83. The van der Waals surface area contributed by atoms with Crippen molar-refractivity contribution < 1.29 is 4.74 Å². The molecule has 94 valence electrons. The van der Waals surface area contributed by atoms with Gasteiger partial charge in [-0.3, -0.25) is 4.90 Å². The number of piperazine rings is 1. The van der Waals surface area contributed by atoms with Gasteiger partial charge in [0.25, 0.3) is 0 Å². The van der Waals surface area contributed by atoms with Gasteiger partial charge in [-0.25, -0.2) is 0 Å². The Hall–Kier alpha value is -0.120. The summed E-state index contributed by atoms with van der Waals surface area (Å²) in [5, 5.41) is 3.45. The lowest BCUT2D eigenvalue weighted by Crippen LogP contribution is -2.52. The second kappa shape index (κ2) is 5.48. The minimum atomic E-state index is 0.451. The second-order valence-corrected chi connectivity index (χ2v) is 5.64. The molecule has 2 fully saturated rings. The summed E-state index contributed by atoms with van der Waals surface area (Å²) in [6.45, 7) is 11.5. The Morgan fingerprint density at radius 2 is 1.88 bits per heavy atom. The van der Waals surface area contributed by atoms with E-state index in [-0.39, 0.29) is 0 Å². The van der Waals surface area contributed by atoms with E-state index in [1.54, 1.807) is 0 Å². The van der Waals surface area contributed by atoms with Crippen molar-refractivity contribution >= 4 is 0 Å². The van der Waals surface area contributed by atoms with Crippen LogP contribution in [0.3, 0.4) is 0 Å². The van der Waals surface area contributed by atoms with Gasteiger partial charge in [0.2, 0.25) is 0 Å². The van der Waals surface area contributed by atoms with Crippen molar-refractivity contribution in [2.75, 3.05) is 26.2 Å². The summed E-state index contributed by atoms with van der Waals surface area (Å²) in [6, 6.07) is 0.696. The van der Waals surface area contributed by atoms with Gasteiger partial charge in [-0.05, 0) is 39.5 Å². The molecule has 2 unspecified atom stereocenters. The first kappa shape index (κ1) is 12.3. The molecule has 0 radical (unpaired) electrons. The summed E-state index contributed by atoms with van der Waals surface area (Å²) in [7, 11) is 0. The number of nitrogens with zero attached hydrogens (tertiary/aromatic N) is 1. The molecule has 0 amide bonds. The molecular formula is C13H26N2O. The third kappa shape index (κ3) is 3.19. The van der Waals surface area contributed by atoms with Crippen molar-refractivity contribution in [3.63, 3.8) is 0 Å². The molecule has 16 heavy (non-hydrogen) atoms.